The molecule has 3 rings (SSSR count). The molecule has 0 spiro atoms. The van der Waals surface area contributed by atoms with Crippen molar-refractivity contribution in [2.24, 2.45) is 5.92 Å². The van der Waals surface area contributed by atoms with E-state index in [0.29, 0.717) is 37.2 Å². The molecular formula is C21H21N3O6. The summed E-state index contributed by atoms with van der Waals surface area (Å²) in [5.74, 6) is -2.18. The lowest BCUT2D eigenvalue weighted by atomic mass is 9.96. The van der Waals surface area contributed by atoms with E-state index in [4.69, 9.17) is 4.74 Å². The fraction of sp³-hybridized carbons (Fsp3) is 0.286. The average molecular weight is 411 g/mol. The molecule has 1 heterocycles. The number of hydrogen-bond acceptors (Lipinski definition) is 7. The number of imide groups is 1. The minimum Gasteiger partial charge on any atom is -0.455 e. The normalized spacial score (nSPS) is 14.1. The van der Waals surface area contributed by atoms with Crippen molar-refractivity contribution in [3.8, 4) is 0 Å². The number of esters is 1. The lowest BCUT2D eigenvalue weighted by Gasteiger charge is -2.32. The molecule has 156 valence electrons. The van der Waals surface area contributed by atoms with Crippen molar-refractivity contribution in [2.75, 3.05) is 24.6 Å². The van der Waals surface area contributed by atoms with E-state index in [1.807, 2.05) is 4.90 Å². The number of carbonyl (C=O) groups is 3. The van der Waals surface area contributed by atoms with Crippen LogP contribution in [0.2, 0.25) is 0 Å². The van der Waals surface area contributed by atoms with Gasteiger partial charge in [-0.15, -0.1) is 0 Å². The van der Waals surface area contributed by atoms with Crippen LogP contribution in [0.15, 0.2) is 54.6 Å². The van der Waals surface area contributed by atoms with Crippen LogP contribution < -0.4 is 10.2 Å². The monoisotopic (exact) mass is 411 g/mol. The van der Waals surface area contributed by atoms with E-state index in [9.17, 15) is 24.5 Å². The van der Waals surface area contributed by atoms with Crippen LogP contribution >= 0.6 is 0 Å². The first kappa shape index (κ1) is 21.0. The lowest BCUT2D eigenvalue weighted by molar-refractivity contribution is -0.384. The molecule has 0 saturated carbocycles. The van der Waals surface area contributed by atoms with Crippen molar-refractivity contribution in [2.45, 2.75) is 12.8 Å². The summed E-state index contributed by atoms with van der Waals surface area (Å²) >= 11 is 0. The van der Waals surface area contributed by atoms with Crippen LogP contribution in [0.25, 0.3) is 0 Å². The van der Waals surface area contributed by atoms with E-state index in [2.05, 4.69) is 5.32 Å². The van der Waals surface area contributed by atoms with Crippen molar-refractivity contribution in [1.82, 2.24) is 5.32 Å². The highest BCUT2D eigenvalue weighted by molar-refractivity contribution is 6.05. The molecular weight excluding hydrogens is 390 g/mol. The highest BCUT2D eigenvalue weighted by atomic mass is 16.6. The number of nitrogens with one attached hydrogen (secondary N) is 1. The molecule has 0 bridgehead atoms. The standard InChI is InChI=1S/C21H21N3O6/c25-19(22-20(26)15-6-2-1-3-7-15)14-30-21(27)16-10-12-23(13-11-16)17-8-4-5-9-18(17)24(28)29/h1-9,16H,10-14H2,(H,22,25,26). The van der Waals surface area contributed by atoms with E-state index in [0.717, 1.165) is 0 Å². The summed E-state index contributed by atoms with van der Waals surface area (Å²) in [4.78, 5) is 48.7. The molecule has 0 radical (unpaired) electrons. The zero-order valence-electron chi connectivity index (χ0n) is 16.2. The summed E-state index contributed by atoms with van der Waals surface area (Å²) in [5, 5.41) is 13.4. The summed E-state index contributed by atoms with van der Waals surface area (Å²) in [7, 11) is 0. The fourth-order valence-corrected chi connectivity index (χ4v) is 3.32. The second kappa shape index (κ2) is 9.64. The molecule has 2 amide bonds. The van der Waals surface area contributed by atoms with Crippen molar-refractivity contribution >= 4 is 29.2 Å². The molecule has 1 aliphatic heterocycles. The molecule has 1 saturated heterocycles. The average Bonchev–Trinajstić information content (AvgIpc) is 2.78. The Morgan fingerprint density at radius 3 is 2.33 bits per heavy atom. The summed E-state index contributed by atoms with van der Waals surface area (Å²) in [6.07, 6.45) is 0.908. The Kier molecular flexibility index (Phi) is 6.74. The van der Waals surface area contributed by atoms with Crippen molar-refractivity contribution in [3.63, 3.8) is 0 Å². The minimum atomic E-state index is -0.699. The molecule has 2 aromatic carbocycles. The van der Waals surface area contributed by atoms with Gasteiger partial charge in [0.25, 0.3) is 17.5 Å². The highest BCUT2D eigenvalue weighted by Gasteiger charge is 2.29. The van der Waals surface area contributed by atoms with Gasteiger partial charge in [0.05, 0.1) is 10.8 Å². The second-order valence-corrected chi connectivity index (χ2v) is 6.86. The Morgan fingerprint density at radius 2 is 1.67 bits per heavy atom. The summed E-state index contributed by atoms with van der Waals surface area (Å²) < 4.78 is 5.05. The maximum absolute atomic E-state index is 12.3. The fourth-order valence-electron chi connectivity index (χ4n) is 3.32. The first-order valence-corrected chi connectivity index (χ1v) is 9.50. The lowest BCUT2D eigenvalue weighted by Crippen LogP contribution is -2.39. The quantitative estimate of drug-likeness (QED) is 0.440. The van der Waals surface area contributed by atoms with Gasteiger partial charge in [-0.3, -0.25) is 29.8 Å². The van der Waals surface area contributed by atoms with Gasteiger partial charge in [-0.2, -0.15) is 0 Å². The largest absolute Gasteiger partial charge is 0.455 e. The number of anilines is 1. The minimum absolute atomic E-state index is 0.0262. The number of nitro benzene ring substituents is 1. The summed E-state index contributed by atoms with van der Waals surface area (Å²) in [5.41, 5.74) is 0.881. The van der Waals surface area contributed by atoms with Gasteiger partial charge < -0.3 is 9.64 Å². The topological polar surface area (TPSA) is 119 Å². The van der Waals surface area contributed by atoms with Gasteiger partial charge in [0, 0.05) is 24.7 Å². The molecule has 0 unspecified atom stereocenters. The predicted octanol–water partition coefficient (Wildman–Crippen LogP) is 2.31. The predicted molar refractivity (Wildman–Crippen MR) is 108 cm³/mol. The van der Waals surface area contributed by atoms with Crippen LogP contribution in [0.3, 0.4) is 0 Å². The van der Waals surface area contributed by atoms with Crippen molar-refractivity contribution in [1.29, 1.82) is 0 Å². The van der Waals surface area contributed by atoms with Gasteiger partial charge in [0.15, 0.2) is 6.61 Å². The maximum atomic E-state index is 12.3. The number of nitrogens with zero attached hydrogens (tertiary/aromatic N) is 2. The van der Waals surface area contributed by atoms with Crippen molar-refractivity contribution in [3.05, 3.63) is 70.3 Å². The van der Waals surface area contributed by atoms with Gasteiger partial charge in [0.1, 0.15) is 5.69 Å². The van der Waals surface area contributed by atoms with Crippen LogP contribution in [-0.2, 0) is 14.3 Å². The second-order valence-electron chi connectivity index (χ2n) is 6.86. The van der Waals surface area contributed by atoms with Crippen LogP contribution in [0.5, 0.6) is 0 Å². The first-order valence-electron chi connectivity index (χ1n) is 9.50. The van der Waals surface area contributed by atoms with Gasteiger partial charge in [-0.25, -0.2) is 0 Å². The van der Waals surface area contributed by atoms with Gasteiger partial charge in [-0.05, 0) is 31.0 Å². The van der Waals surface area contributed by atoms with Crippen molar-refractivity contribution < 1.29 is 24.0 Å². The molecule has 1 N–H and O–H groups in total. The number of ether oxygens (including phenoxy) is 1. The number of benzene rings is 2. The van der Waals surface area contributed by atoms with E-state index in [-0.39, 0.29) is 5.69 Å². The molecule has 0 aliphatic carbocycles. The third-order valence-electron chi connectivity index (χ3n) is 4.88. The van der Waals surface area contributed by atoms with Crippen LogP contribution in [0.1, 0.15) is 23.2 Å². The Morgan fingerprint density at radius 1 is 1.03 bits per heavy atom. The number of rotatable bonds is 6. The Hall–Kier alpha value is -3.75. The Labute approximate surface area is 172 Å². The van der Waals surface area contributed by atoms with E-state index >= 15 is 0 Å². The number of amides is 2. The van der Waals surface area contributed by atoms with Gasteiger partial charge in [-0.1, -0.05) is 30.3 Å². The van der Waals surface area contributed by atoms with E-state index in [1.165, 1.54) is 6.07 Å². The number of nitro groups is 1. The van der Waals surface area contributed by atoms with Gasteiger partial charge >= 0.3 is 5.97 Å². The van der Waals surface area contributed by atoms with E-state index in [1.54, 1.807) is 48.5 Å². The zero-order chi connectivity index (χ0) is 21.5. The molecule has 9 heteroatoms. The number of hydrogen-bond donors (Lipinski definition) is 1. The molecule has 0 aromatic heterocycles. The smallest absolute Gasteiger partial charge is 0.309 e. The SMILES string of the molecule is O=C(COC(=O)C1CCN(c2ccccc2[N+](=O)[O-])CC1)NC(=O)c1ccccc1. The Bertz CT molecular complexity index is 939. The number of carbonyl (C=O) groups excluding carboxylic acids is 3. The van der Waals surface area contributed by atoms with Crippen LogP contribution in [-0.4, -0.2) is 42.4 Å². The third kappa shape index (κ3) is 5.19. The van der Waals surface area contributed by atoms with Gasteiger partial charge in [0.2, 0.25) is 0 Å². The third-order valence-corrected chi connectivity index (χ3v) is 4.88. The molecule has 1 fully saturated rings. The number of para-hydroxylation sites is 2. The molecule has 1 aliphatic rings. The maximum Gasteiger partial charge on any atom is 0.309 e. The number of piperidine rings is 1. The zero-order valence-corrected chi connectivity index (χ0v) is 16.2. The summed E-state index contributed by atoms with van der Waals surface area (Å²) in [6.45, 7) is 0.383. The summed E-state index contributed by atoms with van der Waals surface area (Å²) in [6, 6.07) is 14.7. The highest BCUT2D eigenvalue weighted by Crippen LogP contribution is 2.31. The van der Waals surface area contributed by atoms with Crippen LogP contribution in [0.4, 0.5) is 11.4 Å². The molecule has 30 heavy (non-hydrogen) atoms. The van der Waals surface area contributed by atoms with E-state index < -0.39 is 35.2 Å². The molecule has 0 atom stereocenters. The molecule has 2 aromatic rings. The molecule has 9 nitrogen and oxygen atoms in total. The van der Waals surface area contributed by atoms with Crippen LogP contribution in [0, 0.1) is 16.0 Å². The Balaban J connectivity index is 1.46. The first-order chi connectivity index (χ1) is 14.5.